The Morgan fingerprint density at radius 2 is 1.39 bits per heavy atom. The van der Waals surface area contributed by atoms with Gasteiger partial charge in [0.2, 0.25) is 0 Å². The van der Waals surface area contributed by atoms with Gasteiger partial charge in [-0.15, -0.1) is 0 Å². The molecule has 0 radical (unpaired) electrons. The minimum absolute atomic E-state index is 0.00238. The summed E-state index contributed by atoms with van der Waals surface area (Å²) in [6.45, 7) is 1.77. The van der Waals surface area contributed by atoms with Crippen LogP contribution in [0.25, 0.3) is 0 Å². The Morgan fingerprint density at radius 3 is 2.00 bits per heavy atom. The zero-order chi connectivity index (χ0) is 12.7. The van der Waals surface area contributed by atoms with Crippen molar-refractivity contribution < 1.29 is 13.2 Å². The molecule has 0 amide bonds. The number of ether oxygens (including phenoxy) is 1. The third-order valence-electron chi connectivity index (χ3n) is 4.83. The summed E-state index contributed by atoms with van der Waals surface area (Å²) < 4.78 is 29.6. The summed E-state index contributed by atoms with van der Waals surface area (Å²) in [5.41, 5.74) is -0.210. The molecule has 0 aromatic rings. The van der Waals surface area contributed by atoms with E-state index in [0.29, 0.717) is 24.3 Å². The molecule has 1 saturated carbocycles. The molecule has 18 heavy (non-hydrogen) atoms. The first-order valence-corrected chi connectivity index (χ1v) is 8.97. The monoisotopic (exact) mass is 273 g/mol. The van der Waals surface area contributed by atoms with Crippen molar-refractivity contribution in [1.82, 2.24) is 5.32 Å². The van der Waals surface area contributed by atoms with Gasteiger partial charge in [0.25, 0.3) is 0 Å². The van der Waals surface area contributed by atoms with E-state index >= 15 is 0 Å². The van der Waals surface area contributed by atoms with Crippen LogP contribution in [-0.4, -0.2) is 44.2 Å². The minimum Gasteiger partial charge on any atom is -0.366 e. The minimum atomic E-state index is -2.81. The first kappa shape index (κ1) is 12.9. The molecule has 1 aliphatic carbocycles. The molecule has 0 unspecified atom stereocenters. The fourth-order valence-electron chi connectivity index (χ4n) is 3.71. The number of sulfone groups is 1. The third-order valence-corrected chi connectivity index (χ3v) is 6.48. The summed E-state index contributed by atoms with van der Waals surface area (Å²) in [4.78, 5) is 0. The van der Waals surface area contributed by atoms with E-state index in [2.05, 4.69) is 5.32 Å². The average molecular weight is 273 g/mol. The van der Waals surface area contributed by atoms with E-state index in [1.165, 1.54) is 19.3 Å². The lowest BCUT2D eigenvalue weighted by molar-refractivity contribution is -0.194. The lowest BCUT2D eigenvalue weighted by Crippen LogP contribution is -2.62. The lowest BCUT2D eigenvalue weighted by Gasteiger charge is -2.51. The largest absolute Gasteiger partial charge is 0.366 e. The molecule has 4 nitrogen and oxygen atoms in total. The predicted molar refractivity (Wildman–Crippen MR) is 70.4 cm³/mol. The van der Waals surface area contributed by atoms with Crippen molar-refractivity contribution >= 4 is 9.84 Å². The van der Waals surface area contributed by atoms with Crippen molar-refractivity contribution in [3.63, 3.8) is 0 Å². The van der Waals surface area contributed by atoms with Gasteiger partial charge in [-0.3, -0.25) is 0 Å². The van der Waals surface area contributed by atoms with Crippen LogP contribution in [0.2, 0.25) is 0 Å². The molecule has 3 rings (SSSR count). The summed E-state index contributed by atoms with van der Waals surface area (Å²) in [5, 5.41) is 3.51. The van der Waals surface area contributed by atoms with Crippen molar-refractivity contribution in [2.45, 2.75) is 56.1 Å². The van der Waals surface area contributed by atoms with E-state index in [1.807, 2.05) is 0 Å². The number of morpholine rings is 1. The Morgan fingerprint density at radius 1 is 0.833 bits per heavy atom. The summed E-state index contributed by atoms with van der Waals surface area (Å²) in [7, 11) is -2.81. The van der Waals surface area contributed by atoms with Gasteiger partial charge in [0.1, 0.15) is 0 Å². The fraction of sp³-hybridized carbons (Fsp3) is 1.00. The van der Waals surface area contributed by atoms with Gasteiger partial charge in [0.05, 0.1) is 22.7 Å². The Labute approximate surface area is 109 Å². The zero-order valence-electron chi connectivity index (χ0n) is 10.9. The van der Waals surface area contributed by atoms with Crippen molar-refractivity contribution in [1.29, 1.82) is 0 Å². The van der Waals surface area contributed by atoms with Gasteiger partial charge in [-0.1, -0.05) is 19.3 Å². The van der Waals surface area contributed by atoms with Crippen LogP contribution < -0.4 is 5.32 Å². The molecule has 0 aromatic heterocycles. The highest BCUT2D eigenvalue weighted by molar-refractivity contribution is 7.91. The van der Waals surface area contributed by atoms with Crippen LogP contribution in [-0.2, 0) is 14.6 Å². The molecule has 2 aliphatic heterocycles. The molecule has 1 N–H and O–H groups in total. The summed E-state index contributed by atoms with van der Waals surface area (Å²) in [6, 6.07) is 0. The van der Waals surface area contributed by atoms with Gasteiger partial charge in [0, 0.05) is 13.1 Å². The summed E-state index contributed by atoms with van der Waals surface area (Å²) in [6.07, 6.45) is 7.41. The van der Waals surface area contributed by atoms with Crippen molar-refractivity contribution in [2.75, 3.05) is 24.6 Å². The molecule has 0 atom stereocenters. The molecule has 2 saturated heterocycles. The SMILES string of the molecule is O=S1(=O)CCC2(CC1)CNCC1(CCCCC1)O2. The van der Waals surface area contributed by atoms with Gasteiger partial charge < -0.3 is 10.1 Å². The highest BCUT2D eigenvalue weighted by Crippen LogP contribution is 2.41. The van der Waals surface area contributed by atoms with Crippen LogP contribution in [0.4, 0.5) is 0 Å². The van der Waals surface area contributed by atoms with E-state index in [4.69, 9.17) is 4.74 Å². The summed E-state index contributed by atoms with van der Waals surface area (Å²) in [5.74, 6) is 0.593. The quantitative estimate of drug-likeness (QED) is 0.722. The van der Waals surface area contributed by atoms with E-state index in [0.717, 1.165) is 25.9 Å². The first-order valence-electron chi connectivity index (χ1n) is 7.15. The van der Waals surface area contributed by atoms with Crippen LogP contribution in [0.5, 0.6) is 0 Å². The second-order valence-electron chi connectivity index (χ2n) is 6.28. The van der Waals surface area contributed by atoms with Gasteiger partial charge in [-0.2, -0.15) is 0 Å². The highest BCUT2D eigenvalue weighted by atomic mass is 32.2. The normalized spacial score (nSPS) is 33.6. The highest BCUT2D eigenvalue weighted by Gasteiger charge is 2.48. The van der Waals surface area contributed by atoms with Crippen LogP contribution >= 0.6 is 0 Å². The summed E-state index contributed by atoms with van der Waals surface area (Å²) >= 11 is 0. The molecule has 2 spiro atoms. The van der Waals surface area contributed by atoms with Crippen LogP contribution in [0.1, 0.15) is 44.9 Å². The van der Waals surface area contributed by atoms with Gasteiger partial charge in [-0.05, 0) is 25.7 Å². The van der Waals surface area contributed by atoms with E-state index in [-0.39, 0.29) is 11.2 Å². The van der Waals surface area contributed by atoms with Crippen LogP contribution in [0, 0.1) is 0 Å². The zero-order valence-corrected chi connectivity index (χ0v) is 11.7. The Kier molecular flexibility index (Phi) is 3.19. The second kappa shape index (κ2) is 4.46. The third kappa shape index (κ3) is 2.45. The molecule has 104 valence electrons. The molecule has 3 aliphatic rings. The Bertz CT molecular complexity index is 392. The molecule has 0 bridgehead atoms. The molecule has 0 aromatic carbocycles. The number of rotatable bonds is 0. The fourth-order valence-corrected chi connectivity index (χ4v) is 5.28. The standard InChI is InChI=1S/C13H23NO3S/c15-18(16)8-6-13(7-9-18)11-14-10-12(17-13)4-2-1-3-5-12/h14H,1-11H2. The number of nitrogens with one attached hydrogen (secondary N) is 1. The molecule has 3 fully saturated rings. The van der Waals surface area contributed by atoms with E-state index < -0.39 is 9.84 Å². The van der Waals surface area contributed by atoms with Crippen molar-refractivity contribution in [3.8, 4) is 0 Å². The van der Waals surface area contributed by atoms with Crippen molar-refractivity contribution in [3.05, 3.63) is 0 Å². The van der Waals surface area contributed by atoms with Gasteiger partial charge >= 0.3 is 0 Å². The topological polar surface area (TPSA) is 55.4 Å². The smallest absolute Gasteiger partial charge is 0.150 e. The average Bonchev–Trinajstić information content (AvgIpc) is 2.35. The van der Waals surface area contributed by atoms with Crippen LogP contribution in [0.3, 0.4) is 0 Å². The number of hydrogen-bond acceptors (Lipinski definition) is 4. The maximum absolute atomic E-state index is 11.6. The Balaban J connectivity index is 1.73. The lowest BCUT2D eigenvalue weighted by atomic mass is 9.81. The number of hydrogen-bond donors (Lipinski definition) is 1. The Hall–Kier alpha value is -0.130. The first-order chi connectivity index (χ1) is 8.54. The van der Waals surface area contributed by atoms with Gasteiger partial charge in [0.15, 0.2) is 9.84 Å². The van der Waals surface area contributed by atoms with Crippen LogP contribution in [0.15, 0.2) is 0 Å². The maximum Gasteiger partial charge on any atom is 0.150 e. The molecular weight excluding hydrogens is 250 g/mol. The van der Waals surface area contributed by atoms with Crippen molar-refractivity contribution in [2.24, 2.45) is 0 Å². The maximum atomic E-state index is 11.6. The molecule has 2 heterocycles. The van der Waals surface area contributed by atoms with E-state index in [1.54, 1.807) is 0 Å². The van der Waals surface area contributed by atoms with E-state index in [9.17, 15) is 8.42 Å². The molecule has 5 heteroatoms. The molecular formula is C13H23NO3S. The second-order valence-corrected chi connectivity index (χ2v) is 8.59. The van der Waals surface area contributed by atoms with Gasteiger partial charge in [-0.25, -0.2) is 8.42 Å². The predicted octanol–water partition coefficient (Wildman–Crippen LogP) is 1.26.